The molecule has 0 bridgehead atoms. The Morgan fingerprint density at radius 2 is 1.88 bits per heavy atom. The summed E-state index contributed by atoms with van der Waals surface area (Å²) in [6.07, 6.45) is 1.48. The first-order valence-electron chi connectivity index (χ1n) is 8.02. The summed E-state index contributed by atoms with van der Waals surface area (Å²) >= 11 is 0. The second-order valence-electron chi connectivity index (χ2n) is 6.10. The Morgan fingerprint density at radius 3 is 2.60 bits per heavy atom. The van der Waals surface area contributed by atoms with Crippen molar-refractivity contribution in [2.45, 2.75) is 30.7 Å². The number of hydrogen-bond acceptors (Lipinski definition) is 4. The van der Waals surface area contributed by atoms with Gasteiger partial charge >= 0.3 is 5.76 Å². The van der Waals surface area contributed by atoms with Crippen molar-refractivity contribution >= 4 is 21.1 Å². The summed E-state index contributed by atoms with van der Waals surface area (Å²) in [5.41, 5.74) is 1.98. The number of aromatic nitrogens is 1. The van der Waals surface area contributed by atoms with Gasteiger partial charge in [0.25, 0.3) is 0 Å². The number of sulfonamides is 1. The van der Waals surface area contributed by atoms with Gasteiger partial charge in [0, 0.05) is 13.1 Å². The van der Waals surface area contributed by atoms with E-state index in [1.165, 1.54) is 28.3 Å². The minimum Gasteiger partial charge on any atom is -0.408 e. The minimum atomic E-state index is -3.67. The van der Waals surface area contributed by atoms with Crippen LogP contribution in [0.1, 0.15) is 18.9 Å². The Hall–Kier alpha value is -2.38. The van der Waals surface area contributed by atoms with Gasteiger partial charge in [-0.2, -0.15) is 0 Å². The minimum absolute atomic E-state index is 0.114. The molecule has 0 radical (unpaired) electrons. The van der Waals surface area contributed by atoms with Crippen molar-refractivity contribution in [1.29, 1.82) is 0 Å². The van der Waals surface area contributed by atoms with Crippen molar-refractivity contribution in [2.75, 3.05) is 0 Å². The van der Waals surface area contributed by atoms with Crippen LogP contribution in [0.15, 0.2) is 62.6 Å². The first-order valence-corrected chi connectivity index (χ1v) is 9.51. The maximum atomic E-state index is 12.6. The van der Waals surface area contributed by atoms with Crippen molar-refractivity contribution in [2.24, 2.45) is 7.05 Å². The zero-order chi connectivity index (χ0) is 18.0. The zero-order valence-corrected chi connectivity index (χ0v) is 14.9. The highest BCUT2D eigenvalue weighted by molar-refractivity contribution is 7.89. The molecule has 132 valence electrons. The Labute approximate surface area is 146 Å². The lowest BCUT2D eigenvalue weighted by molar-refractivity contribution is 0.528. The number of oxazole rings is 1. The van der Waals surface area contributed by atoms with Crippen LogP contribution in [-0.4, -0.2) is 19.0 Å². The first kappa shape index (κ1) is 17.4. The van der Waals surface area contributed by atoms with E-state index in [1.54, 1.807) is 7.05 Å². The molecular formula is C18H20N2O4S. The molecular weight excluding hydrogens is 340 g/mol. The van der Waals surface area contributed by atoms with Crippen LogP contribution in [0.2, 0.25) is 0 Å². The highest BCUT2D eigenvalue weighted by Crippen LogP contribution is 2.18. The molecule has 25 heavy (non-hydrogen) atoms. The van der Waals surface area contributed by atoms with Gasteiger partial charge in [-0.3, -0.25) is 4.57 Å². The van der Waals surface area contributed by atoms with Crippen molar-refractivity contribution < 1.29 is 12.8 Å². The normalized spacial score (nSPS) is 13.2. The highest BCUT2D eigenvalue weighted by atomic mass is 32.2. The number of aryl methyl sites for hydroxylation is 2. The number of benzene rings is 2. The fourth-order valence-corrected chi connectivity index (χ4v) is 3.99. The van der Waals surface area contributed by atoms with E-state index in [4.69, 9.17) is 4.42 Å². The Balaban J connectivity index is 1.74. The standard InChI is InChI=1S/C18H20N2O4S/c1-13(8-9-14-6-4-3-5-7-14)19-25(22,23)15-10-11-17-16(12-15)20(2)18(21)24-17/h3-7,10-13,19H,8-9H2,1-2H3. The van der Waals surface area contributed by atoms with Gasteiger partial charge in [-0.05, 0) is 43.5 Å². The summed E-state index contributed by atoms with van der Waals surface area (Å²) in [6.45, 7) is 1.84. The predicted molar refractivity (Wildman–Crippen MR) is 96.0 cm³/mol. The van der Waals surface area contributed by atoms with E-state index in [9.17, 15) is 13.2 Å². The summed E-state index contributed by atoms with van der Waals surface area (Å²) in [7, 11) is -2.13. The summed E-state index contributed by atoms with van der Waals surface area (Å²) in [5, 5.41) is 0. The molecule has 0 saturated carbocycles. The molecule has 0 aliphatic heterocycles. The average Bonchev–Trinajstić information content (AvgIpc) is 2.88. The molecule has 0 aliphatic carbocycles. The van der Waals surface area contributed by atoms with Crippen LogP contribution in [-0.2, 0) is 23.5 Å². The summed E-state index contributed by atoms with van der Waals surface area (Å²) in [4.78, 5) is 11.6. The van der Waals surface area contributed by atoms with Crippen LogP contribution in [0.5, 0.6) is 0 Å². The van der Waals surface area contributed by atoms with Crippen molar-refractivity contribution in [1.82, 2.24) is 9.29 Å². The smallest absolute Gasteiger partial charge is 0.408 e. The lowest BCUT2D eigenvalue weighted by Crippen LogP contribution is -2.33. The highest BCUT2D eigenvalue weighted by Gasteiger charge is 2.19. The third-order valence-corrected chi connectivity index (χ3v) is 5.73. The molecule has 6 nitrogen and oxygen atoms in total. The van der Waals surface area contributed by atoms with Crippen LogP contribution in [0.3, 0.4) is 0 Å². The molecule has 7 heteroatoms. The van der Waals surface area contributed by atoms with Crippen molar-refractivity contribution in [3.63, 3.8) is 0 Å². The quantitative estimate of drug-likeness (QED) is 0.732. The molecule has 2 aromatic carbocycles. The van der Waals surface area contributed by atoms with Crippen molar-refractivity contribution in [3.8, 4) is 0 Å². The zero-order valence-electron chi connectivity index (χ0n) is 14.1. The topological polar surface area (TPSA) is 81.3 Å². The average molecular weight is 360 g/mol. The molecule has 0 aliphatic rings. The Bertz CT molecular complexity index is 1040. The van der Waals surface area contributed by atoms with Gasteiger partial charge in [-0.1, -0.05) is 30.3 Å². The fraction of sp³-hybridized carbons (Fsp3) is 0.278. The molecule has 3 aromatic rings. The molecule has 1 N–H and O–H groups in total. The Kier molecular flexibility index (Phi) is 4.78. The lowest BCUT2D eigenvalue weighted by Gasteiger charge is -2.14. The molecule has 3 rings (SSSR count). The van der Waals surface area contributed by atoms with E-state index < -0.39 is 15.8 Å². The van der Waals surface area contributed by atoms with Crippen LogP contribution < -0.4 is 10.5 Å². The van der Waals surface area contributed by atoms with Gasteiger partial charge in [-0.25, -0.2) is 17.9 Å². The number of rotatable bonds is 6. The largest absolute Gasteiger partial charge is 0.419 e. The van der Waals surface area contributed by atoms with Gasteiger partial charge in [0.05, 0.1) is 10.4 Å². The van der Waals surface area contributed by atoms with E-state index in [1.807, 2.05) is 37.3 Å². The Morgan fingerprint density at radius 1 is 1.16 bits per heavy atom. The number of fused-ring (bicyclic) bond motifs is 1. The number of nitrogens with zero attached hydrogens (tertiary/aromatic N) is 1. The van der Waals surface area contributed by atoms with Crippen molar-refractivity contribution in [3.05, 3.63) is 64.6 Å². The van der Waals surface area contributed by atoms with E-state index in [0.29, 0.717) is 17.5 Å². The van der Waals surface area contributed by atoms with Crippen LogP contribution in [0.4, 0.5) is 0 Å². The molecule has 0 saturated heterocycles. The predicted octanol–water partition coefficient (Wildman–Crippen LogP) is 2.43. The monoisotopic (exact) mass is 360 g/mol. The van der Waals surface area contributed by atoms with E-state index in [-0.39, 0.29) is 10.9 Å². The fourth-order valence-electron chi connectivity index (χ4n) is 2.69. The molecule has 1 heterocycles. The maximum absolute atomic E-state index is 12.6. The van der Waals surface area contributed by atoms with Gasteiger partial charge < -0.3 is 4.42 Å². The number of hydrogen-bond donors (Lipinski definition) is 1. The van der Waals surface area contributed by atoms with Gasteiger partial charge in [0.2, 0.25) is 10.0 Å². The second kappa shape index (κ2) is 6.85. The lowest BCUT2D eigenvalue weighted by atomic mass is 10.1. The molecule has 0 spiro atoms. The SMILES string of the molecule is CC(CCc1ccccc1)NS(=O)(=O)c1ccc2oc(=O)n(C)c2c1. The molecule has 1 unspecified atom stereocenters. The van der Waals surface area contributed by atoms with Crippen LogP contribution >= 0.6 is 0 Å². The second-order valence-corrected chi connectivity index (χ2v) is 7.82. The van der Waals surface area contributed by atoms with E-state index in [0.717, 1.165) is 6.42 Å². The first-order chi connectivity index (χ1) is 11.9. The van der Waals surface area contributed by atoms with E-state index in [2.05, 4.69) is 4.72 Å². The van der Waals surface area contributed by atoms with Crippen LogP contribution in [0, 0.1) is 0 Å². The van der Waals surface area contributed by atoms with E-state index >= 15 is 0 Å². The molecule has 0 amide bonds. The van der Waals surface area contributed by atoms with Crippen LogP contribution in [0.25, 0.3) is 11.1 Å². The molecule has 0 fully saturated rings. The summed E-state index contributed by atoms with van der Waals surface area (Å²) in [5.74, 6) is -0.520. The molecule has 1 atom stereocenters. The summed E-state index contributed by atoms with van der Waals surface area (Å²) in [6, 6.07) is 14.1. The van der Waals surface area contributed by atoms with Gasteiger partial charge in [-0.15, -0.1) is 0 Å². The number of nitrogens with one attached hydrogen (secondary N) is 1. The summed E-state index contributed by atoms with van der Waals surface area (Å²) < 4.78 is 34.2. The third kappa shape index (κ3) is 3.83. The third-order valence-electron chi connectivity index (χ3n) is 4.14. The van der Waals surface area contributed by atoms with Gasteiger partial charge in [0.15, 0.2) is 5.58 Å². The van der Waals surface area contributed by atoms with Gasteiger partial charge in [0.1, 0.15) is 0 Å². The molecule has 1 aromatic heterocycles. The maximum Gasteiger partial charge on any atom is 0.419 e.